The van der Waals surface area contributed by atoms with Crippen LogP contribution in [0, 0.1) is 5.82 Å². The van der Waals surface area contributed by atoms with Crippen molar-refractivity contribution in [1.29, 1.82) is 0 Å². The maximum absolute atomic E-state index is 14.4. The highest BCUT2D eigenvalue weighted by molar-refractivity contribution is 6.62. The monoisotopic (exact) mass is 319 g/mol. The summed E-state index contributed by atoms with van der Waals surface area (Å²) in [5, 5.41) is 2.61. The van der Waals surface area contributed by atoms with Gasteiger partial charge in [-0.05, 0) is 45.3 Å². The van der Waals surface area contributed by atoms with Gasteiger partial charge in [-0.15, -0.1) is 0 Å². The second-order valence-corrected chi connectivity index (χ2v) is 7.51. The number of halogens is 1. The van der Waals surface area contributed by atoms with E-state index in [2.05, 4.69) is 5.32 Å². The fourth-order valence-corrected chi connectivity index (χ4v) is 2.85. The van der Waals surface area contributed by atoms with E-state index in [4.69, 9.17) is 14.0 Å². The Balaban J connectivity index is 1.70. The minimum atomic E-state index is -0.812. The number of hydrogen-bond acceptors (Lipinski definition) is 4. The fourth-order valence-electron chi connectivity index (χ4n) is 2.85. The van der Waals surface area contributed by atoms with E-state index in [9.17, 15) is 9.18 Å². The van der Waals surface area contributed by atoms with Gasteiger partial charge in [-0.1, -0.05) is 0 Å². The molecule has 0 unspecified atom stereocenters. The lowest BCUT2D eigenvalue weighted by Gasteiger charge is -2.32. The number of ether oxygens (including phenoxy) is 1. The minimum Gasteiger partial charge on any atom is -0.475 e. The van der Waals surface area contributed by atoms with Crippen LogP contribution in [0.4, 0.5) is 10.1 Å². The molecule has 1 amide bonds. The van der Waals surface area contributed by atoms with Crippen molar-refractivity contribution < 1.29 is 23.2 Å². The Morgan fingerprint density at radius 2 is 1.74 bits per heavy atom. The number of carbonyl (C=O) groups is 1. The molecule has 7 heteroatoms. The highest BCUT2D eigenvalue weighted by Gasteiger charge is 2.56. The number of nitrogens with one attached hydrogen (secondary N) is 1. The molecule has 1 aromatic rings. The number of fused-ring (bicyclic) bond motifs is 1. The maximum atomic E-state index is 14.4. The molecule has 0 radical (unpaired) electrons. The Bertz CT molecular complexity index is 698. The molecule has 23 heavy (non-hydrogen) atoms. The maximum Gasteiger partial charge on any atom is 0.495 e. The number of rotatable bonds is 1. The third-order valence-corrected chi connectivity index (χ3v) is 5.26. The molecule has 4 rings (SSSR count). The molecule has 2 heterocycles. The van der Waals surface area contributed by atoms with E-state index >= 15 is 0 Å². The van der Waals surface area contributed by atoms with Crippen molar-refractivity contribution in [1.82, 2.24) is 0 Å². The molecular formula is C16H19BFNO4. The summed E-state index contributed by atoms with van der Waals surface area (Å²) >= 11 is 0. The second-order valence-electron chi connectivity index (χ2n) is 7.51. The van der Waals surface area contributed by atoms with E-state index in [1.807, 2.05) is 27.7 Å². The molecule has 0 atom stereocenters. The van der Waals surface area contributed by atoms with Gasteiger partial charge in [-0.25, -0.2) is 4.39 Å². The molecule has 1 N–H and O–H groups in total. The van der Waals surface area contributed by atoms with Crippen molar-refractivity contribution in [3.63, 3.8) is 0 Å². The molecule has 0 bridgehead atoms. The van der Waals surface area contributed by atoms with E-state index in [-0.39, 0.29) is 11.6 Å². The first-order valence-corrected chi connectivity index (χ1v) is 7.83. The molecule has 122 valence electrons. The predicted molar refractivity (Wildman–Crippen MR) is 83.3 cm³/mol. The number of benzene rings is 1. The number of amides is 1. The lowest BCUT2D eigenvalue weighted by molar-refractivity contribution is -0.125. The first-order chi connectivity index (χ1) is 10.6. The van der Waals surface area contributed by atoms with Gasteiger partial charge in [-0.2, -0.15) is 0 Å². The van der Waals surface area contributed by atoms with Crippen LogP contribution < -0.4 is 15.5 Å². The summed E-state index contributed by atoms with van der Waals surface area (Å²) in [6, 6.07) is 3.02. The Hall–Kier alpha value is -1.60. The third-order valence-electron chi connectivity index (χ3n) is 5.26. The largest absolute Gasteiger partial charge is 0.495 e. The van der Waals surface area contributed by atoms with Crippen LogP contribution in [0.5, 0.6) is 5.75 Å². The summed E-state index contributed by atoms with van der Waals surface area (Å²) < 4.78 is 32.1. The van der Waals surface area contributed by atoms with Crippen molar-refractivity contribution in [2.45, 2.75) is 57.3 Å². The Morgan fingerprint density at radius 1 is 1.13 bits per heavy atom. The summed E-state index contributed by atoms with van der Waals surface area (Å²) in [5.74, 6) is -0.477. The zero-order chi connectivity index (χ0) is 16.6. The molecule has 1 saturated carbocycles. The van der Waals surface area contributed by atoms with Crippen LogP contribution in [0.3, 0.4) is 0 Å². The summed E-state index contributed by atoms with van der Waals surface area (Å²) in [4.78, 5) is 12.0. The zero-order valence-electron chi connectivity index (χ0n) is 13.7. The molecule has 5 nitrogen and oxygen atoms in total. The molecule has 1 aromatic carbocycles. The standard InChI is InChI=1S/C16H19BFNO4/c1-14(2)15(3,4)23-17(22-14)9-7-10(18)12-11(8-9)21-16(5-6-16)13(20)19-12/h7-8H,5-6H2,1-4H3,(H,19,20). The van der Waals surface area contributed by atoms with Gasteiger partial charge in [0, 0.05) is 12.8 Å². The first kappa shape index (κ1) is 15.0. The highest BCUT2D eigenvalue weighted by atomic mass is 19.1. The molecular weight excluding hydrogens is 300 g/mol. The number of carbonyl (C=O) groups excluding carboxylic acids is 1. The van der Waals surface area contributed by atoms with Gasteiger partial charge >= 0.3 is 7.12 Å². The summed E-state index contributed by atoms with van der Waals surface area (Å²) in [5.41, 5.74) is -1.18. The molecule has 2 aliphatic heterocycles. The van der Waals surface area contributed by atoms with E-state index in [1.54, 1.807) is 6.07 Å². The molecule has 1 saturated heterocycles. The fraction of sp³-hybridized carbons (Fsp3) is 0.562. The Kier molecular flexibility index (Phi) is 2.78. The van der Waals surface area contributed by atoms with E-state index < -0.39 is 29.7 Å². The normalized spacial score (nSPS) is 25.8. The van der Waals surface area contributed by atoms with E-state index in [1.165, 1.54) is 6.07 Å². The molecule has 1 aliphatic carbocycles. The van der Waals surface area contributed by atoms with Gasteiger partial charge in [0.25, 0.3) is 5.91 Å². The predicted octanol–water partition coefficient (Wildman–Crippen LogP) is 1.99. The van der Waals surface area contributed by atoms with Crippen LogP contribution in [0.2, 0.25) is 0 Å². The average molecular weight is 319 g/mol. The summed E-state index contributed by atoms with van der Waals surface area (Å²) in [7, 11) is -0.670. The highest BCUT2D eigenvalue weighted by Crippen LogP contribution is 2.47. The zero-order valence-corrected chi connectivity index (χ0v) is 13.7. The Morgan fingerprint density at radius 3 is 2.30 bits per heavy atom. The van der Waals surface area contributed by atoms with Crippen molar-refractivity contribution in [3.8, 4) is 5.75 Å². The van der Waals surface area contributed by atoms with Gasteiger partial charge in [0.1, 0.15) is 17.3 Å². The van der Waals surface area contributed by atoms with Crippen LogP contribution >= 0.6 is 0 Å². The molecule has 0 aromatic heterocycles. The van der Waals surface area contributed by atoms with Crippen LogP contribution in [0.1, 0.15) is 40.5 Å². The van der Waals surface area contributed by atoms with Gasteiger partial charge < -0.3 is 19.4 Å². The van der Waals surface area contributed by atoms with Crippen molar-refractivity contribution in [2.24, 2.45) is 0 Å². The van der Waals surface area contributed by atoms with E-state index in [0.29, 0.717) is 24.1 Å². The van der Waals surface area contributed by atoms with Crippen LogP contribution in [0.25, 0.3) is 0 Å². The first-order valence-electron chi connectivity index (χ1n) is 7.83. The smallest absolute Gasteiger partial charge is 0.475 e. The van der Waals surface area contributed by atoms with Crippen molar-refractivity contribution >= 4 is 24.2 Å². The number of hydrogen-bond donors (Lipinski definition) is 1. The van der Waals surface area contributed by atoms with Crippen molar-refractivity contribution in [2.75, 3.05) is 5.32 Å². The van der Waals surface area contributed by atoms with Crippen molar-refractivity contribution in [3.05, 3.63) is 17.9 Å². The summed E-state index contributed by atoms with van der Waals surface area (Å²) in [6.45, 7) is 7.77. The quantitative estimate of drug-likeness (QED) is 0.804. The average Bonchev–Trinajstić information content (AvgIpc) is 3.15. The number of anilines is 1. The van der Waals surface area contributed by atoms with Gasteiger partial charge in [-0.3, -0.25) is 4.79 Å². The lowest BCUT2D eigenvalue weighted by atomic mass is 9.78. The van der Waals surface area contributed by atoms with Crippen LogP contribution in [0.15, 0.2) is 12.1 Å². The second kappa shape index (κ2) is 4.27. The molecule has 1 spiro atoms. The third kappa shape index (κ3) is 2.10. The topological polar surface area (TPSA) is 56.8 Å². The SMILES string of the molecule is CC1(C)OB(c2cc(F)c3c(c2)OC2(CC2)C(=O)N3)OC1(C)C. The van der Waals surface area contributed by atoms with E-state index in [0.717, 1.165) is 0 Å². The summed E-state index contributed by atoms with van der Waals surface area (Å²) in [6.07, 6.45) is 1.31. The molecule has 2 fully saturated rings. The minimum absolute atomic E-state index is 0.0905. The molecule has 3 aliphatic rings. The van der Waals surface area contributed by atoms with Crippen LogP contribution in [-0.4, -0.2) is 29.8 Å². The van der Waals surface area contributed by atoms with Gasteiger partial charge in [0.05, 0.1) is 11.2 Å². The van der Waals surface area contributed by atoms with Gasteiger partial charge in [0.2, 0.25) is 0 Å². The lowest BCUT2D eigenvalue weighted by Crippen LogP contribution is -2.41. The Labute approximate surface area is 134 Å². The van der Waals surface area contributed by atoms with Crippen LogP contribution in [-0.2, 0) is 14.1 Å². The van der Waals surface area contributed by atoms with Gasteiger partial charge in [0.15, 0.2) is 5.60 Å².